The quantitative estimate of drug-likeness (QED) is 0.0138. The van der Waals surface area contributed by atoms with Crippen LogP contribution < -0.4 is 32.3 Å². The van der Waals surface area contributed by atoms with Crippen molar-refractivity contribution >= 4 is 104 Å². The van der Waals surface area contributed by atoms with E-state index in [1.165, 1.54) is 54.4 Å². The maximum Gasteiger partial charge on any atom is 0.354 e. The zero-order valence-electron chi connectivity index (χ0n) is 58.0. The number of carbonyl (C=O) groups is 10. The van der Waals surface area contributed by atoms with Crippen molar-refractivity contribution in [2.75, 3.05) is 50.3 Å². The molecule has 2 fully saturated rings. The van der Waals surface area contributed by atoms with E-state index in [1.54, 1.807) is 26.2 Å². The molecule has 0 bridgehead atoms. The highest BCUT2D eigenvalue weighted by Crippen LogP contribution is 2.41. The summed E-state index contributed by atoms with van der Waals surface area (Å²) in [4.78, 5) is 150. The molecule has 105 heavy (non-hydrogen) atoms. The number of hydrogen-bond acceptors (Lipinski definition) is 23. The van der Waals surface area contributed by atoms with Gasteiger partial charge in [-0.05, 0) is 89.1 Å². The molecule has 4 aliphatic rings. The van der Waals surface area contributed by atoms with E-state index in [-0.39, 0.29) is 72.6 Å². The van der Waals surface area contributed by atoms with Crippen molar-refractivity contribution in [3.8, 4) is 0 Å². The van der Waals surface area contributed by atoms with Gasteiger partial charge in [-0.3, -0.25) is 28.8 Å². The molecule has 2 atom stereocenters. The molecule has 32 heteroatoms. The van der Waals surface area contributed by atoms with E-state index in [1.807, 2.05) is 152 Å². The third-order valence-electron chi connectivity index (χ3n) is 16.7. The number of anilines is 2. The van der Waals surface area contributed by atoms with Crippen LogP contribution in [0.5, 0.6) is 0 Å². The zero-order chi connectivity index (χ0) is 75.5. The number of hydrazine groups is 2. The fourth-order valence-electron chi connectivity index (χ4n) is 11.5. The van der Waals surface area contributed by atoms with Gasteiger partial charge in [0.2, 0.25) is 11.2 Å². The van der Waals surface area contributed by atoms with Crippen LogP contribution in [0.1, 0.15) is 87.7 Å². The number of thiazole rings is 2. The van der Waals surface area contributed by atoms with Gasteiger partial charge in [-0.15, -0.1) is 22.7 Å². The molecule has 11 rings (SSSR count). The second-order valence-electron chi connectivity index (χ2n) is 26.3. The predicted molar refractivity (Wildman–Crippen MR) is 385 cm³/mol. The number of fused-ring (bicyclic) bond motifs is 2. The Morgan fingerprint density at radius 1 is 0.543 bits per heavy atom. The standard InChI is InChI=1S/C48H49N7O8S.C25H27N7O8S/c1-46(2,3)62-44(61)47(4,5)63-53-38(37-30-64-45(51-37)52-48(32-20-12-7-13-21-32,33-22-14-8-15-23-33)34-24-16-9-17-25-34)41(57)50-36-29-54-28-35(39(43(59)60)55(54)42(36)58)40(56)49-27-26-31-18-10-6-11-19-31;1-25(2,23(38)39)40-30-17(16-12-41-24(26)29-16)20(34)28-15-11-31-10-14(18(22(36)37)32(31)21(15)35)19(33)27-9-8-13-6-4-3-5-7-13/h6-25,30,36H,26-29H2,1-5H3,(H,49,56)(H,50,57)(H,51,52)(H,59,60);3-7,12,15H,8-11H2,1-2H3,(H2,26,29)(H,27,33)(H,28,34)(H,36,37)(H,38,39)/b53-38-;30-17-/t36-;15-/m00/s1. The summed E-state index contributed by atoms with van der Waals surface area (Å²) >= 11 is 2.20. The summed E-state index contributed by atoms with van der Waals surface area (Å²) < 4.78 is 5.55. The normalized spacial score (nSPS) is 16.4. The minimum atomic E-state index is -1.79. The topological polar surface area (TPSA) is 409 Å². The first-order valence-corrected chi connectivity index (χ1v) is 34.7. The Morgan fingerprint density at radius 2 is 0.924 bits per heavy atom. The van der Waals surface area contributed by atoms with E-state index < -0.39 is 111 Å². The van der Waals surface area contributed by atoms with Gasteiger partial charge in [0.1, 0.15) is 34.6 Å². The number of carboxylic acid groups (broad SMARTS) is 3. The molecule has 546 valence electrons. The maximum absolute atomic E-state index is 14.4. The number of carbonyl (C=O) groups excluding carboxylic acids is 7. The molecular weight excluding hydrogens is 1390 g/mol. The van der Waals surface area contributed by atoms with Crippen LogP contribution in [0.2, 0.25) is 0 Å². The van der Waals surface area contributed by atoms with Crippen LogP contribution in [-0.2, 0) is 80.7 Å². The fourth-order valence-corrected chi connectivity index (χ4v) is 12.8. The van der Waals surface area contributed by atoms with Crippen LogP contribution in [0.15, 0.2) is 195 Å². The van der Waals surface area contributed by atoms with Gasteiger partial charge in [-0.1, -0.05) is 162 Å². The van der Waals surface area contributed by atoms with E-state index in [9.17, 15) is 63.3 Å². The second-order valence-corrected chi connectivity index (χ2v) is 28.0. The molecule has 5 aromatic carbocycles. The minimum Gasteiger partial charge on any atom is -0.478 e. The third kappa shape index (κ3) is 17.6. The van der Waals surface area contributed by atoms with Gasteiger partial charge in [0, 0.05) is 36.9 Å². The maximum atomic E-state index is 14.4. The van der Waals surface area contributed by atoms with Gasteiger partial charge in [0.25, 0.3) is 35.4 Å². The monoisotopic (exact) mass is 1470 g/mol. The summed E-state index contributed by atoms with van der Waals surface area (Å²) in [6.45, 7) is 10.3. The number of aliphatic carboxylic acids is 3. The Kier molecular flexibility index (Phi) is 23.1. The molecule has 6 amide bonds. The van der Waals surface area contributed by atoms with Gasteiger partial charge in [0.05, 0.1) is 24.2 Å². The summed E-state index contributed by atoms with van der Waals surface area (Å²) in [6, 6.07) is 46.0. The SMILES string of the molecule is CC(C)(C)OC(=O)C(C)(C)O/N=C(\C(=O)N[C@H]1CN2CC(C(=O)NCCc3ccccc3)=C(C(=O)O)N2C1=O)c1csc(NC(c2ccccc2)(c2ccccc2)c2ccccc2)n1.CC(C)(O/N=C(\C(=O)N[C@H]1CN2CC(C(=O)NCCc3ccccc3)=C(C(=O)O)N2C1=O)c1csc(N)n1)C(=O)O. The van der Waals surface area contributed by atoms with E-state index in [4.69, 9.17) is 25.1 Å². The number of nitrogens with zero attached hydrogens (tertiary/aromatic N) is 8. The predicted octanol–water partition coefficient (Wildman–Crippen LogP) is 5.21. The van der Waals surface area contributed by atoms with Crippen molar-refractivity contribution in [1.82, 2.24) is 51.3 Å². The summed E-state index contributed by atoms with van der Waals surface area (Å²) in [7, 11) is 0. The summed E-state index contributed by atoms with van der Waals surface area (Å²) in [5.74, 6) is -9.65. The fraction of sp³-hybridized carbons (Fsp3) is 0.288. The molecule has 0 unspecified atom stereocenters. The van der Waals surface area contributed by atoms with Crippen LogP contribution in [0, 0.1) is 0 Å². The highest BCUT2D eigenvalue weighted by molar-refractivity contribution is 7.14. The first-order chi connectivity index (χ1) is 50.0. The lowest BCUT2D eigenvalue weighted by molar-refractivity contribution is -0.179. The average Bonchev–Trinajstić information content (AvgIpc) is 1.71. The molecule has 10 N–H and O–H groups in total. The number of nitrogens with two attached hydrogens (primary N) is 1. The second kappa shape index (κ2) is 32.1. The highest BCUT2D eigenvalue weighted by Gasteiger charge is 2.52. The molecule has 4 aliphatic heterocycles. The largest absolute Gasteiger partial charge is 0.478 e. The van der Waals surface area contributed by atoms with Crippen LogP contribution in [0.4, 0.5) is 10.3 Å². The number of amides is 6. The van der Waals surface area contributed by atoms with Crippen LogP contribution in [-0.4, -0.2) is 184 Å². The molecule has 30 nitrogen and oxygen atoms in total. The molecule has 7 aromatic rings. The Morgan fingerprint density at radius 3 is 1.30 bits per heavy atom. The first kappa shape index (κ1) is 75.7. The van der Waals surface area contributed by atoms with Gasteiger partial charge >= 0.3 is 23.9 Å². The summed E-state index contributed by atoms with van der Waals surface area (Å²) in [5.41, 5.74) is 3.18. The lowest BCUT2D eigenvalue weighted by Crippen LogP contribution is -2.46. The van der Waals surface area contributed by atoms with E-state index in [0.29, 0.717) is 18.0 Å². The lowest BCUT2D eigenvalue weighted by Gasteiger charge is -2.36. The lowest BCUT2D eigenvalue weighted by atomic mass is 9.77. The van der Waals surface area contributed by atoms with Gasteiger partial charge in [0.15, 0.2) is 33.1 Å². The smallest absolute Gasteiger partial charge is 0.354 e. The molecule has 0 spiro atoms. The van der Waals surface area contributed by atoms with Gasteiger partial charge < -0.3 is 62.0 Å². The number of esters is 1. The molecule has 0 saturated carbocycles. The van der Waals surface area contributed by atoms with E-state index in [0.717, 1.165) is 49.2 Å². The van der Waals surface area contributed by atoms with Crippen LogP contribution in [0.3, 0.4) is 0 Å². The number of benzene rings is 5. The number of ether oxygens (including phenoxy) is 1. The van der Waals surface area contributed by atoms with Gasteiger partial charge in [-0.2, -0.15) is 0 Å². The Hall–Kier alpha value is -12.0. The van der Waals surface area contributed by atoms with Crippen molar-refractivity contribution in [3.05, 3.63) is 224 Å². The van der Waals surface area contributed by atoms with Crippen molar-refractivity contribution in [3.63, 3.8) is 0 Å². The number of hydrogen-bond donors (Lipinski definition) is 9. The molecule has 0 radical (unpaired) electrons. The van der Waals surface area contributed by atoms with Crippen LogP contribution >= 0.6 is 22.7 Å². The zero-order valence-corrected chi connectivity index (χ0v) is 59.7. The number of oxime groups is 2. The number of nitrogen functional groups attached to an aromatic ring is 1. The Labute approximate surface area is 610 Å². The number of rotatable bonds is 27. The molecule has 2 aromatic heterocycles. The summed E-state index contributed by atoms with van der Waals surface area (Å²) in [5, 5.41) is 59.5. The molecular formula is C73H76N14O16S2. The molecule has 2 saturated heterocycles. The number of carboxylic acids is 3. The third-order valence-corrected chi connectivity index (χ3v) is 18.1. The average molecular weight is 1470 g/mol. The van der Waals surface area contributed by atoms with Crippen molar-refractivity contribution in [2.45, 2.75) is 95.7 Å². The molecule has 0 aliphatic carbocycles. The summed E-state index contributed by atoms with van der Waals surface area (Å²) in [6.07, 6.45) is 1.06. The van der Waals surface area contributed by atoms with Crippen LogP contribution in [0.25, 0.3) is 0 Å². The van der Waals surface area contributed by atoms with E-state index >= 15 is 0 Å². The Bertz CT molecular complexity index is 4480. The van der Waals surface area contributed by atoms with Crippen molar-refractivity contribution < 1.29 is 77.7 Å². The number of aromatic nitrogens is 2. The highest BCUT2D eigenvalue weighted by atomic mass is 32.1. The molecule has 6 heterocycles. The van der Waals surface area contributed by atoms with Gasteiger partial charge in [-0.25, -0.2) is 49.2 Å². The number of nitrogens with one attached hydrogen (secondary N) is 5. The minimum absolute atomic E-state index is 0.0157. The first-order valence-electron chi connectivity index (χ1n) is 32.9. The van der Waals surface area contributed by atoms with E-state index in [2.05, 4.69) is 41.9 Å². The van der Waals surface area contributed by atoms with Crippen molar-refractivity contribution in [1.29, 1.82) is 0 Å². The Balaban J connectivity index is 0.000000248. The van der Waals surface area contributed by atoms with Crippen molar-refractivity contribution in [2.24, 2.45) is 10.3 Å².